The zero-order valence-electron chi connectivity index (χ0n) is 8.72. The molecule has 0 bridgehead atoms. The maximum Gasteiger partial charge on any atom is 0.256 e. The third-order valence-electron chi connectivity index (χ3n) is 1.90. The van der Waals surface area contributed by atoms with Crippen molar-refractivity contribution in [3.63, 3.8) is 0 Å². The standard InChI is InChI=1S/C10H8Cl3NO3/c1-17-8-3-7(14-9(15)4-11)6(12)2-5(8)10(13)16/h2-3H,4H2,1H3,(H,14,15). The molecule has 1 rings (SSSR count). The summed E-state index contributed by atoms with van der Waals surface area (Å²) in [6, 6.07) is 2.72. The van der Waals surface area contributed by atoms with Gasteiger partial charge < -0.3 is 10.1 Å². The van der Waals surface area contributed by atoms with Crippen LogP contribution < -0.4 is 10.1 Å². The number of carbonyl (C=O) groups is 2. The first kappa shape index (κ1) is 14.1. The Morgan fingerprint density at radius 1 is 1.41 bits per heavy atom. The first-order valence-electron chi connectivity index (χ1n) is 4.42. The number of amides is 1. The van der Waals surface area contributed by atoms with Crippen LogP contribution in [-0.4, -0.2) is 24.1 Å². The number of rotatable bonds is 4. The molecule has 1 N–H and O–H groups in total. The van der Waals surface area contributed by atoms with Crippen LogP contribution in [0.25, 0.3) is 0 Å². The fourth-order valence-corrected chi connectivity index (χ4v) is 1.58. The molecule has 0 radical (unpaired) electrons. The van der Waals surface area contributed by atoms with Crippen molar-refractivity contribution in [1.82, 2.24) is 0 Å². The van der Waals surface area contributed by atoms with Gasteiger partial charge in [-0.05, 0) is 17.7 Å². The lowest BCUT2D eigenvalue weighted by Gasteiger charge is -2.10. The molecule has 7 heteroatoms. The van der Waals surface area contributed by atoms with E-state index in [1.165, 1.54) is 19.2 Å². The molecule has 0 fully saturated rings. The molecule has 0 saturated carbocycles. The summed E-state index contributed by atoms with van der Waals surface area (Å²) < 4.78 is 4.97. The van der Waals surface area contributed by atoms with E-state index in [1.54, 1.807) is 0 Å². The lowest BCUT2D eigenvalue weighted by molar-refractivity contribution is -0.113. The van der Waals surface area contributed by atoms with E-state index in [0.717, 1.165) is 0 Å². The summed E-state index contributed by atoms with van der Waals surface area (Å²) in [4.78, 5) is 22.2. The van der Waals surface area contributed by atoms with E-state index in [0.29, 0.717) is 5.69 Å². The fraction of sp³-hybridized carbons (Fsp3) is 0.200. The van der Waals surface area contributed by atoms with Crippen molar-refractivity contribution in [3.05, 3.63) is 22.7 Å². The Hall–Kier alpha value is -0.970. The number of carbonyl (C=O) groups excluding carboxylic acids is 2. The smallest absolute Gasteiger partial charge is 0.256 e. The van der Waals surface area contributed by atoms with Crippen molar-refractivity contribution in [2.24, 2.45) is 0 Å². The molecule has 0 saturated heterocycles. The van der Waals surface area contributed by atoms with E-state index in [-0.39, 0.29) is 22.2 Å². The summed E-state index contributed by atoms with van der Waals surface area (Å²) in [5, 5.41) is 1.94. The number of hydrogen-bond donors (Lipinski definition) is 1. The normalized spacial score (nSPS) is 9.88. The van der Waals surface area contributed by atoms with Crippen molar-refractivity contribution in [2.45, 2.75) is 0 Å². The number of anilines is 1. The first-order valence-corrected chi connectivity index (χ1v) is 5.71. The van der Waals surface area contributed by atoms with Gasteiger partial charge >= 0.3 is 0 Å². The molecule has 0 aliphatic carbocycles. The van der Waals surface area contributed by atoms with Crippen molar-refractivity contribution >= 4 is 51.6 Å². The average molecular weight is 297 g/mol. The molecule has 1 aromatic rings. The minimum atomic E-state index is -0.695. The third-order valence-corrected chi connectivity index (χ3v) is 2.66. The third kappa shape index (κ3) is 3.49. The highest BCUT2D eigenvalue weighted by molar-refractivity contribution is 6.68. The first-order chi connectivity index (χ1) is 7.99. The van der Waals surface area contributed by atoms with Crippen molar-refractivity contribution in [1.29, 1.82) is 0 Å². The second-order valence-corrected chi connectivity index (χ2v) is 4.01. The molecule has 4 nitrogen and oxygen atoms in total. The molecule has 0 atom stereocenters. The van der Waals surface area contributed by atoms with Crippen LogP contribution in [0, 0.1) is 0 Å². The Kier molecular flexibility index (Phi) is 5.05. The number of methoxy groups -OCH3 is 1. The van der Waals surface area contributed by atoms with E-state index in [2.05, 4.69) is 5.32 Å². The van der Waals surface area contributed by atoms with Crippen LogP contribution in [0.1, 0.15) is 10.4 Å². The van der Waals surface area contributed by atoms with Crippen molar-refractivity contribution in [3.8, 4) is 5.75 Å². The maximum absolute atomic E-state index is 11.1. The molecule has 1 aromatic carbocycles. The van der Waals surface area contributed by atoms with Crippen LogP contribution in [0.3, 0.4) is 0 Å². The summed E-state index contributed by atoms with van der Waals surface area (Å²) >= 11 is 16.6. The quantitative estimate of drug-likeness (QED) is 0.686. The molecule has 0 aliphatic rings. The highest BCUT2D eigenvalue weighted by atomic mass is 35.5. The van der Waals surface area contributed by atoms with Gasteiger partial charge in [0, 0.05) is 6.07 Å². The minimum absolute atomic E-state index is 0.128. The predicted octanol–water partition coefficient (Wildman–Crippen LogP) is 2.90. The van der Waals surface area contributed by atoms with Crippen molar-refractivity contribution in [2.75, 3.05) is 18.3 Å². The topological polar surface area (TPSA) is 55.4 Å². The average Bonchev–Trinajstić information content (AvgIpc) is 2.30. The van der Waals surface area contributed by atoms with Gasteiger partial charge in [0.1, 0.15) is 11.6 Å². The lowest BCUT2D eigenvalue weighted by Crippen LogP contribution is -2.13. The molecule has 0 spiro atoms. The largest absolute Gasteiger partial charge is 0.496 e. The Bertz CT molecular complexity index is 462. The number of nitrogens with one attached hydrogen (secondary N) is 1. The molecule has 0 unspecified atom stereocenters. The molecule has 0 heterocycles. The number of benzene rings is 1. The second kappa shape index (κ2) is 6.10. The maximum atomic E-state index is 11.1. The Labute approximate surface area is 113 Å². The van der Waals surface area contributed by atoms with Crippen LogP contribution in [0.15, 0.2) is 12.1 Å². The Morgan fingerprint density at radius 3 is 2.53 bits per heavy atom. The van der Waals surface area contributed by atoms with Gasteiger partial charge in [0.15, 0.2) is 0 Å². The molecule has 17 heavy (non-hydrogen) atoms. The lowest BCUT2D eigenvalue weighted by atomic mass is 10.2. The fourth-order valence-electron chi connectivity index (χ4n) is 1.16. The highest BCUT2D eigenvalue weighted by Crippen LogP contribution is 2.31. The van der Waals surface area contributed by atoms with E-state index in [1.807, 2.05) is 0 Å². The highest BCUT2D eigenvalue weighted by Gasteiger charge is 2.15. The molecule has 0 aromatic heterocycles. The van der Waals surface area contributed by atoms with E-state index in [4.69, 9.17) is 39.5 Å². The van der Waals surface area contributed by atoms with Gasteiger partial charge in [-0.25, -0.2) is 0 Å². The second-order valence-electron chi connectivity index (χ2n) is 2.99. The summed E-state index contributed by atoms with van der Waals surface area (Å²) in [5.41, 5.74) is 0.430. The van der Waals surface area contributed by atoms with Crippen LogP contribution in [0.2, 0.25) is 5.02 Å². The summed E-state index contributed by atoms with van der Waals surface area (Å²) in [7, 11) is 1.37. The van der Waals surface area contributed by atoms with Gasteiger partial charge in [-0.15, -0.1) is 11.6 Å². The monoisotopic (exact) mass is 295 g/mol. The van der Waals surface area contributed by atoms with E-state index < -0.39 is 11.1 Å². The zero-order valence-corrected chi connectivity index (χ0v) is 11.0. The molecular weight excluding hydrogens is 288 g/mol. The predicted molar refractivity (Wildman–Crippen MR) is 67.5 cm³/mol. The van der Waals surface area contributed by atoms with Gasteiger partial charge in [-0.3, -0.25) is 9.59 Å². The zero-order chi connectivity index (χ0) is 13.0. The van der Waals surface area contributed by atoms with Gasteiger partial charge in [0.2, 0.25) is 5.91 Å². The Morgan fingerprint density at radius 2 is 2.06 bits per heavy atom. The minimum Gasteiger partial charge on any atom is -0.496 e. The number of hydrogen-bond acceptors (Lipinski definition) is 3. The molecule has 1 amide bonds. The summed E-state index contributed by atoms with van der Waals surface area (Å²) in [6.07, 6.45) is 0. The van der Waals surface area contributed by atoms with Crippen LogP contribution in [0.5, 0.6) is 5.75 Å². The number of ether oxygens (including phenoxy) is 1. The van der Waals surface area contributed by atoms with E-state index in [9.17, 15) is 9.59 Å². The molecule has 92 valence electrons. The van der Waals surface area contributed by atoms with Gasteiger partial charge in [0.25, 0.3) is 5.24 Å². The van der Waals surface area contributed by atoms with Crippen molar-refractivity contribution < 1.29 is 14.3 Å². The van der Waals surface area contributed by atoms with Gasteiger partial charge in [-0.1, -0.05) is 11.6 Å². The van der Waals surface area contributed by atoms with E-state index >= 15 is 0 Å². The van der Waals surface area contributed by atoms with Gasteiger partial charge in [-0.2, -0.15) is 0 Å². The molecular formula is C10H8Cl3NO3. The number of halogens is 3. The van der Waals surface area contributed by atoms with Gasteiger partial charge in [0.05, 0.1) is 23.4 Å². The summed E-state index contributed by atoms with van der Waals surface area (Å²) in [5.74, 6) is -0.394. The summed E-state index contributed by atoms with van der Waals surface area (Å²) in [6.45, 7) is 0. The SMILES string of the molecule is COc1cc(NC(=O)CCl)c(Cl)cc1C(=O)Cl. The van der Waals surface area contributed by atoms with Crippen LogP contribution >= 0.6 is 34.8 Å². The number of alkyl halides is 1. The molecule has 0 aliphatic heterocycles. The van der Waals surface area contributed by atoms with Crippen LogP contribution in [0.4, 0.5) is 5.69 Å². The van der Waals surface area contributed by atoms with Crippen LogP contribution in [-0.2, 0) is 4.79 Å². The Balaban J connectivity index is 3.17.